The third-order valence-electron chi connectivity index (χ3n) is 2.43. The lowest BCUT2D eigenvalue weighted by atomic mass is 10.2. The highest BCUT2D eigenvalue weighted by Crippen LogP contribution is 2.11. The molecular weight excluding hydrogens is 194 g/mol. The molecule has 0 aromatic carbocycles. The van der Waals surface area contributed by atoms with Crippen LogP contribution in [-0.2, 0) is 17.8 Å². The number of esters is 1. The number of carbonyl (C=O) groups is 1. The Balaban J connectivity index is 2.19. The zero-order valence-corrected chi connectivity index (χ0v) is 8.99. The average Bonchev–Trinajstić information content (AvgIpc) is 2.60. The van der Waals surface area contributed by atoms with Crippen molar-refractivity contribution in [3.05, 3.63) is 17.5 Å². The van der Waals surface area contributed by atoms with E-state index in [-0.39, 0.29) is 5.97 Å². The molecule has 1 aliphatic heterocycles. The van der Waals surface area contributed by atoms with Crippen LogP contribution in [0.25, 0.3) is 0 Å². The molecule has 0 fully saturated rings. The zero-order chi connectivity index (χ0) is 10.8. The normalized spacial score (nSPS) is 19.7. The highest BCUT2D eigenvalue weighted by atomic mass is 16.5. The average molecular weight is 209 g/mol. The van der Waals surface area contributed by atoms with Crippen LogP contribution in [0.3, 0.4) is 0 Å². The highest BCUT2D eigenvalue weighted by Gasteiger charge is 2.19. The minimum atomic E-state index is -0.341. The number of carbonyl (C=O) groups excluding carboxylic acids is 1. The molecule has 82 valence electrons. The maximum absolute atomic E-state index is 11.4. The van der Waals surface area contributed by atoms with Gasteiger partial charge in [-0.3, -0.25) is 4.68 Å². The summed E-state index contributed by atoms with van der Waals surface area (Å²) < 4.78 is 6.77. The molecular formula is C10H15N3O2. The van der Waals surface area contributed by atoms with Crippen molar-refractivity contribution < 1.29 is 9.53 Å². The predicted octanol–water partition coefficient (Wildman–Crippen LogP) is 0.551. The van der Waals surface area contributed by atoms with Gasteiger partial charge in [-0.05, 0) is 19.9 Å². The van der Waals surface area contributed by atoms with Crippen molar-refractivity contribution in [1.82, 2.24) is 15.1 Å². The molecule has 0 amide bonds. The summed E-state index contributed by atoms with van der Waals surface area (Å²) in [4.78, 5) is 11.4. The summed E-state index contributed by atoms with van der Waals surface area (Å²) in [5.74, 6) is -0.341. The lowest BCUT2D eigenvalue weighted by Crippen LogP contribution is -2.36. The fraction of sp³-hybridized carbons (Fsp3) is 0.600. The van der Waals surface area contributed by atoms with Gasteiger partial charge in [0.25, 0.3) is 0 Å². The van der Waals surface area contributed by atoms with Crippen molar-refractivity contribution >= 4 is 5.97 Å². The summed E-state index contributed by atoms with van der Waals surface area (Å²) in [5.41, 5.74) is 1.44. The molecule has 0 saturated heterocycles. The molecule has 1 atom stereocenters. The topological polar surface area (TPSA) is 56.2 Å². The van der Waals surface area contributed by atoms with Gasteiger partial charge in [-0.15, -0.1) is 0 Å². The van der Waals surface area contributed by atoms with Crippen molar-refractivity contribution in [2.45, 2.75) is 33.0 Å². The second-order valence-corrected chi connectivity index (χ2v) is 3.71. The fourth-order valence-electron chi connectivity index (χ4n) is 1.66. The standard InChI is InChI=1S/C10H15N3O2/c1-3-15-10(14)9-4-8-5-11-7(2)6-13(8)12-9/h4,7,11H,3,5-6H2,1-2H3/t7-/m1/s1. The van der Waals surface area contributed by atoms with Crippen LogP contribution in [0.5, 0.6) is 0 Å². The molecule has 0 radical (unpaired) electrons. The van der Waals surface area contributed by atoms with Crippen LogP contribution in [0, 0.1) is 0 Å². The number of nitrogens with zero attached hydrogens (tertiary/aromatic N) is 2. The summed E-state index contributed by atoms with van der Waals surface area (Å²) in [6.07, 6.45) is 0. The Kier molecular flexibility index (Phi) is 2.73. The Labute approximate surface area is 88.4 Å². The lowest BCUT2D eigenvalue weighted by Gasteiger charge is -2.21. The summed E-state index contributed by atoms with van der Waals surface area (Å²) in [7, 11) is 0. The molecule has 2 rings (SSSR count). The first-order chi connectivity index (χ1) is 7.20. The Hall–Kier alpha value is -1.36. The minimum absolute atomic E-state index is 0.341. The van der Waals surface area contributed by atoms with Gasteiger partial charge in [-0.1, -0.05) is 0 Å². The van der Waals surface area contributed by atoms with Crippen molar-refractivity contribution in [3.8, 4) is 0 Å². The van der Waals surface area contributed by atoms with Crippen LogP contribution in [0.1, 0.15) is 30.0 Å². The van der Waals surface area contributed by atoms with Crippen molar-refractivity contribution in [2.24, 2.45) is 0 Å². The van der Waals surface area contributed by atoms with Gasteiger partial charge in [0, 0.05) is 12.6 Å². The number of nitrogens with one attached hydrogen (secondary N) is 1. The summed E-state index contributed by atoms with van der Waals surface area (Å²) in [6, 6.07) is 2.18. The van der Waals surface area contributed by atoms with E-state index in [1.54, 1.807) is 13.0 Å². The molecule has 1 aromatic heterocycles. The molecule has 0 spiro atoms. The lowest BCUT2D eigenvalue weighted by molar-refractivity contribution is 0.0518. The van der Waals surface area contributed by atoms with E-state index in [1.807, 2.05) is 4.68 Å². The molecule has 1 aliphatic rings. The molecule has 2 heterocycles. The van der Waals surface area contributed by atoms with E-state index in [2.05, 4.69) is 17.3 Å². The smallest absolute Gasteiger partial charge is 0.358 e. The van der Waals surface area contributed by atoms with Gasteiger partial charge in [0.15, 0.2) is 5.69 Å². The number of ether oxygens (including phenoxy) is 1. The second-order valence-electron chi connectivity index (χ2n) is 3.71. The monoisotopic (exact) mass is 209 g/mol. The molecule has 5 nitrogen and oxygen atoms in total. The Bertz CT molecular complexity index is 373. The Morgan fingerprint density at radius 3 is 3.33 bits per heavy atom. The van der Waals surface area contributed by atoms with Crippen LogP contribution in [-0.4, -0.2) is 28.4 Å². The second kappa shape index (κ2) is 4.02. The van der Waals surface area contributed by atoms with Gasteiger partial charge in [0.2, 0.25) is 0 Å². The van der Waals surface area contributed by atoms with E-state index < -0.39 is 0 Å². The number of hydrogen-bond donors (Lipinski definition) is 1. The van der Waals surface area contributed by atoms with Gasteiger partial charge in [-0.2, -0.15) is 5.10 Å². The zero-order valence-electron chi connectivity index (χ0n) is 8.99. The first-order valence-electron chi connectivity index (χ1n) is 5.18. The van der Waals surface area contributed by atoms with Gasteiger partial charge >= 0.3 is 5.97 Å². The van der Waals surface area contributed by atoms with Gasteiger partial charge in [-0.25, -0.2) is 4.79 Å². The van der Waals surface area contributed by atoms with Crippen LogP contribution < -0.4 is 5.32 Å². The van der Waals surface area contributed by atoms with E-state index in [0.29, 0.717) is 18.3 Å². The first-order valence-corrected chi connectivity index (χ1v) is 5.18. The van der Waals surface area contributed by atoms with Crippen LogP contribution in [0.15, 0.2) is 6.07 Å². The van der Waals surface area contributed by atoms with Gasteiger partial charge in [0.1, 0.15) is 0 Å². The number of fused-ring (bicyclic) bond motifs is 1. The highest BCUT2D eigenvalue weighted by molar-refractivity contribution is 5.87. The number of aromatic nitrogens is 2. The molecule has 1 aromatic rings. The van der Waals surface area contributed by atoms with E-state index in [0.717, 1.165) is 18.8 Å². The van der Waals surface area contributed by atoms with Crippen LogP contribution >= 0.6 is 0 Å². The van der Waals surface area contributed by atoms with Crippen LogP contribution in [0.4, 0.5) is 0 Å². The molecule has 15 heavy (non-hydrogen) atoms. The quantitative estimate of drug-likeness (QED) is 0.723. The van der Waals surface area contributed by atoms with Crippen molar-refractivity contribution in [1.29, 1.82) is 0 Å². The molecule has 0 unspecified atom stereocenters. The Morgan fingerprint density at radius 1 is 1.80 bits per heavy atom. The van der Waals surface area contributed by atoms with E-state index in [4.69, 9.17) is 4.74 Å². The largest absolute Gasteiger partial charge is 0.461 e. The molecule has 5 heteroatoms. The fourth-order valence-corrected chi connectivity index (χ4v) is 1.66. The maximum atomic E-state index is 11.4. The number of hydrogen-bond acceptors (Lipinski definition) is 4. The van der Waals surface area contributed by atoms with E-state index in [9.17, 15) is 4.79 Å². The van der Waals surface area contributed by atoms with Gasteiger partial charge in [0.05, 0.1) is 18.8 Å². The SMILES string of the molecule is CCOC(=O)c1cc2n(n1)C[C@@H](C)NC2. The van der Waals surface area contributed by atoms with Crippen molar-refractivity contribution in [3.63, 3.8) is 0 Å². The molecule has 0 saturated carbocycles. The summed E-state index contributed by atoms with van der Waals surface area (Å²) >= 11 is 0. The first kappa shape index (κ1) is 10.2. The van der Waals surface area contributed by atoms with E-state index in [1.165, 1.54) is 0 Å². The third kappa shape index (κ3) is 2.02. The molecule has 1 N–H and O–H groups in total. The van der Waals surface area contributed by atoms with Gasteiger partial charge < -0.3 is 10.1 Å². The summed E-state index contributed by atoms with van der Waals surface area (Å²) in [6.45, 7) is 5.82. The van der Waals surface area contributed by atoms with E-state index >= 15 is 0 Å². The molecule has 0 aliphatic carbocycles. The van der Waals surface area contributed by atoms with Crippen molar-refractivity contribution in [2.75, 3.05) is 6.61 Å². The maximum Gasteiger partial charge on any atom is 0.358 e. The number of rotatable bonds is 2. The summed E-state index contributed by atoms with van der Waals surface area (Å²) in [5, 5.41) is 7.53. The Morgan fingerprint density at radius 2 is 2.60 bits per heavy atom. The minimum Gasteiger partial charge on any atom is -0.461 e. The predicted molar refractivity (Wildman–Crippen MR) is 54.5 cm³/mol. The molecule has 0 bridgehead atoms. The van der Waals surface area contributed by atoms with Crippen LogP contribution in [0.2, 0.25) is 0 Å². The third-order valence-corrected chi connectivity index (χ3v) is 2.43.